The van der Waals surface area contributed by atoms with Crippen molar-refractivity contribution in [2.75, 3.05) is 0 Å². The molecule has 0 fully saturated rings. The van der Waals surface area contributed by atoms with E-state index in [2.05, 4.69) is 10.2 Å². The van der Waals surface area contributed by atoms with Crippen molar-refractivity contribution in [3.05, 3.63) is 105 Å². The molecular formula is C23H19N5O2. The van der Waals surface area contributed by atoms with E-state index in [9.17, 15) is 9.59 Å². The van der Waals surface area contributed by atoms with Crippen LogP contribution in [0.4, 0.5) is 0 Å². The van der Waals surface area contributed by atoms with Gasteiger partial charge in [-0.05, 0) is 11.1 Å². The Morgan fingerprint density at radius 3 is 1.47 bits per heavy atom. The second-order valence-corrected chi connectivity index (χ2v) is 7.27. The van der Waals surface area contributed by atoms with Gasteiger partial charge in [-0.25, -0.2) is 9.36 Å². The van der Waals surface area contributed by atoms with Gasteiger partial charge in [-0.15, -0.1) is 0 Å². The number of nitrogens with zero attached hydrogens (tertiary/aromatic N) is 5. The Bertz CT molecular complexity index is 1370. The minimum Gasteiger partial charge on any atom is -0.334 e. The highest BCUT2D eigenvalue weighted by Gasteiger charge is 2.18. The molecule has 7 nitrogen and oxygen atoms in total. The summed E-state index contributed by atoms with van der Waals surface area (Å²) in [4.78, 5) is 26.3. The maximum absolute atomic E-state index is 13.2. The zero-order chi connectivity index (χ0) is 20.7. The quantitative estimate of drug-likeness (QED) is 0.467. The van der Waals surface area contributed by atoms with Gasteiger partial charge in [-0.3, -0.25) is 9.59 Å². The fraction of sp³-hybridized carbons (Fsp3) is 0.130. The summed E-state index contributed by atoms with van der Waals surface area (Å²) in [6.45, 7) is 0.737. The highest BCUT2D eigenvalue weighted by Crippen LogP contribution is 2.22. The van der Waals surface area contributed by atoms with Crippen molar-refractivity contribution in [2.45, 2.75) is 13.1 Å². The Morgan fingerprint density at radius 2 is 1.07 bits per heavy atom. The second-order valence-electron chi connectivity index (χ2n) is 7.27. The van der Waals surface area contributed by atoms with Crippen LogP contribution in [0.1, 0.15) is 11.1 Å². The summed E-state index contributed by atoms with van der Waals surface area (Å²) in [6, 6.07) is 19.4. The van der Waals surface area contributed by atoms with E-state index in [0.29, 0.717) is 34.9 Å². The lowest BCUT2D eigenvalue weighted by molar-refractivity contribution is 0.641. The molecule has 0 saturated carbocycles. The monoisotopic (exact) mass is 397 g/mol. The molecule has 5 rings (SSSR count). The summed E-state index contributed by atoms with van der Waals surface area (Å²) in [7, 11) is 1.74. The average molecular weight is 397 g/mol. The predicted molar refractivity (Wildman–Crippen MR) is 116 cm³/mol. The Balaban J connectivity index is 1.67. The number of hydrogen-bond donors (Lipinski definition) is 0. The summed E-state index contributed by atoms with van der Waals surface area (Å²) >= 11 is 0. The third kappa shape index (κ3) is 2.91. The molecule has 0 saturated heterocycles. The van der Waals surface area contributed by atoms with Crippen LogP contribution in [0.25, 0.3) is 21.8 Å². The molecule has 3 aromatic heterocycles. The molecule has 148 valence electrons. The SMILES string of the molecule is Cn1c2c(=O)n(Cc3ccccc3)ncc2c2cnn(Cc3ccccc3)c(=O)c21. The predicted octanol–water partition coefficient (Wildman–Crippen LogP) is 2.54. The number of aromatic nitrogens is 5. The zero-order valence-electron chi connectivity index (χ0n) is 16.4. The maximum atomic E-state index is 13.2. The van der Waals surface area contributed by atoms with E-state index in [1.807, 2.05) is 60.7 Å². The molecule has 0 atom stereocenters. The lowest BCUT2D eigenvalue weighted by atomic mass is 10.2. The van der Waals surface area contributed by atoms with Gasteiger partial charge in [0.25, 0.3) is 11.1 Å². The summed E-state index contributed by atoms with van der Waals surface area (Å²) in [6.07, 6.45) is 3.29. The number of benzene rings is 2. The lowest BCUT2D eigenvalue weighted by Gasteiger charge is -2.06. The van der Waals surface area contributed by atoms with Crippen molar-refractivity contribution in [1.29, 1.82) is 0 Å². The molecule has 3 heterocycles. The van der Waals surface area contributed by atoms with Crippen LogP contribution in [-0.4, -0.2) is 24.1 Å². The van der Waals surface area contributed by atoms with Gasteiger partial charge >= 0.3 is 0 Å². The first-order valence-corrected chi connectivity index (χ1v) is 9.65. The van der Waals surface area contributed by atoms with Gasteiger partial charge in [-0.1, -0.05) is 60.7 Å². The van der Waals surface area contributed by atoms with Crippen LogP contribution in [0.5, 0.6) is 0 Å². The molecule has 2 aromatic carbocycles. The van der Waals surface area contributed by atoms with Gasteiger partial charge in [0.1, 0.15) is 11.0 Å². The normalized spacial score (nSPS) is 11.4. The zero-order valence-corrected chi connectivity index (χ0v) is 16.4. The fourth-order valence-corrected chi connectivity index (χ4v) is 3.85. The Kier molecular flexibility index (Phi) is 4.28. The van der Waals surface area contributed by atoms with Crippen molar-refractivity contribution < 1.29 is 0 Å². The first kappa shape index (κ1) is 18.1. The van der Waals surface area contributed by atoms with Gasteiger partial charge < -0.3 is 4.57 Å². The molecule has 0 aliphatic carbocycles. The highest BCUT2D eigenvalue weighted by atomic mass is 16.1. The Labute approximate surface area is 171 Å². The van der Waals surface area contributed by atoms with E-state index >= 15 is 0 Å². The summed E-state index contributed by atoms with van der Waals surface area (Å²) in [5.74, 6) is 0. The number of rotatable bonds is 4. The highest BCUT2D eigenvalue weighted by molar-refractivity contribution is 6.06. The van der Waals surface area contributed by atoms with Gasteiger partial charge in [0.2, 0.25) is 0 Å². The molecule has 0 N–H and O–H groups in total. The van der Waals surface area contributed by atoms with Crippen LogP contribution in [0.3, 0.4) is 0 Å². The van der Waals surface area contributed by atoms with Crippen LogP contribution >= 0.6 is 0 Å². The summed E-state index contributed by atoms with van der Waals surface area (Å²) < 4.78 is 4.51. The molecular weight excluding hydrogens is 378 g/mol. The topological polar surface area (TPSA) is 74.7 Å². The van der Waals surface area contributed by atoms with Crippen LogP contribution in [0.2, 0.25) is 0 Å². The molecule has 0 aliphatic heterocycles. The molecule has 30 heavy (non-hydrogen) atoms. The van der Waals surface area contributed by atoms with Crippen molar-refractivity contribution in [3.8, 4) is 0 Å². The molecule has 7 heteroatoms. The van der Waals surface area contributed by atoms with Gasteiger partial charge in [0, 0.05) is 17.8 Å². The van der Waals surface area contributed by atoms with Crippen LogP contribution < -0.4 is 11.1 Å². The third-order valence-corrected chi connectivity index (χ3v) is 5.35. The van der Waals surface area contributed by atoms with Crippen molar-refractivity contribution >= 4 is 21.8 Å². The van der Waals surface area contributed by atoms with Gasteiger partial charge in [-0.2, -0.15) is 10.2 Å². The van der Waals surface area contributed by atoms with E-state index in [0.717, 1.165) is 11.1 Å². The van der Waals surface area contributed by atoms with Crippen LogP contribution in [0, 0.1) is 0 Å². The smallest absolute Gasteiger partial charge is 0.291 e. The Hall–Kier alpha value is -4.00. The molecule has 0 spiro atoms. The fourth-order valence-electron chi connectivity index (χ4n) is 3.85. The largest absolute Gasteiger partial charge is 0.334 e. The number of fused-ring (bicyclic) bond motifs is 3. The van der Waals surface area contributed by atoms with Gasteiger partial charge in [0.15, 0.2) is 0 Å². The van der Waals surface area contributed by atoms with Crippen molar-refractivity contribution in [2.24, 2.45) is 7.05 Å². The molecule has 0 amide bonds. The standard InChI is InChI=1S/C23H19N5O2/c1-26-20-18(12-24-27(22(20)29)14-16-8-4-2-5-9-16)19-13-25-28(23(30)21(19)26)15-17-10-6-3-7-11-17/h2-13H,14-15H2,1H3. The van der Waals surface area contributed by atoms with Crippen molar-refractivity contribution in [1.82, 2.24) is 24.1 Å². The minimum absolute atomic E-state index is 0.232. The Morgan fingerprint density at radius 1 is 0.667 bits per heavy atom. The van der Waals surface area contributed by atoms with E-state index in [-0.39, 0.29) is 11.1 Å². The summed E-state index contributed by atoms with van der Waals surface area (Å²) in [5.41, 5.74) is 2.40. The molecule has 0 radical (unpaired) electrons. The first-order valence-electron chi connectivity index (χ1n) is 9.65. The van der Waals surface area contributed by atoms with E-state index in [1.165, 1.54) is 9.36 Å². The minimum atomic E-state index is -0.232. The lowest BCUT2D eigenvalue weighted by Crippen LogP contribution is -2.26. The number of hydrogen-bond acceptors (Lipinski definition) is 4. The molecule has 5 aromatic rings. The molecule has 0 bridgehead atoms. The summed E-state index contributed by atoms with van der Waals surface area (Å²) in [5, 5.41) is 9.95. The van der Waals surface area contributed by atoms with E-state index in [4.69, 9.17) is 0 Å². The number of aryl methyl sites for hydroxylation is 1. The van der Waals surface area contributed by atoms with Crippen LogP contribution in [-0.2, 0) is 20.1 Å². The molecule has 0 unspecified atom stereocenters. The van der Waals surface area contributed by atoms with E-state index < -0.39 is 0 Å². The average Bonchev–Trinajstić information content (AvgIpc) is 3.07. The second kappa shape index (κ2) is 7.11. The maximum Gasteiger partial charge on any atom is 0.291 e. The first-order chi connectivity index (χ1) is 14.6. The van der Waals surface area contributed by atoms with Gasteiger partial charge in [0.05, 0.1) is 25.5 Å². The molecule has 0 aliphatic rings. The third-order valence-electron chi connectivity index (χ3n) is 5.35. The van der Waals surface area contributed by atoms with Crippen LogP contribution in [0.15, 0.2) is 82.6 Å². The van der Waals surface area contributed by atoms with Crippen molar-refractivity contribution in [3.63, 3.8) is 0 Å². The van der Waals surface area contributed by atoms with E-state index in [1.54, 1.807) is 24.0 Å².